The summed E-state index contributed by atoms with van der Waals surface area (Å²) in [6.07, 6.45) is 17.4. The lowest BCUT2D eigenvalue weighted by Gasteiger charge is -2.43. The maximum atomic E-state index is 10.6. The molecule has 2 aliphatic carbocycles. The number of hydrogen-bond acceptors (Lipinski definition) is 2. The largest absolute Gasteiger partial charge is 0.695 e. The molecule has 120 valence electrons. The second-order valence-corrected chi connectivity index (χ2v) is 8.54. The highest BCUT2D eigenvalue weighted by Crippen LogP contribution is 2.49. The Labute approximate surface area is 137 Å². The van der Waals surface area contributed by atoms with Crippen molar-refractivity contribution in [2.24, 2.45) is 11.8 Å². The van der Waals surface area contributed by atoms with Gasteiger partial charge < -0.3 is 0 Å². The summed E-state index contributed by atoms with van der Waals surface area (Å²) in [6.45, 7) is 0.221. The summed E-state index contributed by atoms with van der Waals surface area (Å²) < 4.78 is 15.4. The summed E-state index contributed by atoms with van der Waals surface area (Å²) in [6, 6.07) is 0. The van der Waals surface area contributed by atoms with Crippen molar-refractivity contribution in [3.8, 4) is 0 Å². The lowest BCUT2D eigenvalue weighted by atomic mass is 9.69. The maximum absolute atomic E-state index is 10.6. The van der Waals surface area contributed by atoms with Crippen LogP contribution in [0.4, 0.5) is 0 Å². The highest BCUT2D eigenvalue weighted by molar-refractivity contribution is 9.10. The standard InChI is InChI=1S/C16H26BrO3P/c17-16(12-7-13-20-21(18)19,14-8-3-1-4-9-14)15-10-5-2-6-11-15/h7,12,14-15H,1-6,8-11,13H2/p+1. The minimum atomic E-state index is -2.49. The molecule has 0 bridgehead atoms. The predicted octanol–water partition coefficient (Wildman–Crippen LogP) is 5.50. The third-order valence-corrected chi connectivity index (χ3v) is 7.05. The zero-order valence-electron chi connectivity index (χ0n) is 12.7. The van der Waals surface area contributed by atoms with Crippen molar-refractivity contribution in [3.63, 3.8) is 0 Å². The van der Waals surface area contributed by atoms with E-state index in [-0.39, 0.29) is 10.9 Å². The monoisotopic (exact) mass is 377 g/mol. The molecule has 2 saturated carbocycles. The molecule has 2 fully saturated rings. The van der Waals surface area contributed by atoms with E-state index in [1.807, 2.05) is 6.08 Å². The van der Waals surface area contributed by atoms with Crippen molar-refractivity contribution in [2.45, 2.75) is 68.5 Å². The van der Waals surface area contributed by atoms with E-state index in [1.165, 1.54) is 64.2 Å². The van der Waals surface area contributed by atoms with Gasteiger partial charge in [-0.1, -0.05) is 66.6 Å². The minimum absolute atomic E-state index is 0.0539. The van der Waals surface area contributed by atoms with Crippen LogP contribution in [0.2, 0.25) is 0 Å². The molecule has 0 radical (unpaired) electrons. The summed E-state index contributed by atoms with van der Waals surface area (Å²) >= 11 is 4.10. The number of halogens is 1. The van der Waals surface area contributed by atoms with Gasteiger partial charge in [0.15, 0.2) is 0 Å². The van der Waals surface area contributed by atoms with E-state index in [1.54, 1.807) is 0 Å². The summed E-state index contributed by atoms with van der Waals surface area (Å²) in [7, 11) is -2.49. The topological polar surface area (TPSA) is 46.5 Å². The first-order valence-corrected chi connectivity index (χ1v) is 10.2. The summed E-state index contributed by atoms with van der Waals surface area (Å²) in [5, 5.41) is 0. The van der Waals surface area contributed by atoms with Gasteiger partial charge in [0.1, 0.15) is 6.61 Å². The Morgan fingerprint density at radius 3 is 1.95 bits per heavy atom. The Hall–Kier alpha value is 0.240. The van der Waals surface area contributed by atoms with Gasteiger partial charge in [0.25, 0.3) is 0 Å². The molecule has 2 rings (SSSR count). The molecule has 0 saturated heterocycles. The third kappa shape index (κ3) is 5.13. The van der Waals surface area contributed by atoms with Crippen LogP contribution in [0.5, 0.6) is 0 Å². The van der Waals surface area contributed by atoms with Gasteiger partial charge in [-0.15, -0.1) is 9.42 Å². The molecule has 1 N–H and O–H groups in total. The van der Waals surface area contributed by atoms with Crippen molar-refractivity contribution in [1.82, 2.24) is 0 Å². The van der Waals surface area contributed by atoms with Crippen LogP contribution in [0.25, 0.3) is 0 Å². The van der Waals surface area contributed by atoms with E-state index in [2.05, 4.69) is 22.0 Å². The zero-order chi connectivity index (χ0) is 15.1. The van der Waals surface area contributed by atoms with Crippen LogP contribution in [-0.2, 0) is 9.09 Å². The molecule has 0 heterocycles. The molecule has 5 heteroatoms. The third-order valence-electron chi connectivity index (χ3n) is 5.12. The highest BCUT2D eigenvalue weighted by atomic mass is 79.9. The maximum Gasteiger partial charge on any atom is 0.695 e. The normalized spacial score (nSPS) is 23.6. The van der Waals surface area contributed by atoms with Crippen molar-refractivity contribution in [2.75, 3.05) is 6.61 Å². The van der Waals surface area contributed by atoms with Crippen molar-refractivity contribution < 1.29 is 14.0 Å². The molecule has 0 aliphatic heterocycles. The van der Waals surface area contributed by atoms with Crippen LogP contribution in [-0.4, -0.2) is 15.8 Å². The van der Waals surface area contributed by atoms with Gasteiger partial charge in [0.05, 0.1) is 0 Å². The van der Waals surface area contributed by atoms with E-state index in [0.29, 0.717) is 11.8 Å². The van der Waals surface area contributed by atoms with E-state index in [9.17, 15) is 4.57 Å². The Balaban J connectivity index is 2.05. The van der Waals surface area contributed by atoms with Crippen LogP contribution < -0.4 is 0 Å². The van der Waals surface area contributed by atoms with Crippen LogP contribution >= 0.6 is 24.2 Å². The summed E-state index contributed by atoms with van der Waals surface area (Å²) in [4.78, 5) is 8.72. The summed E-state index contributed by atoms with van der Waals surface area (Å²) in [5.41, 5.74) is 0. The molecule has 21 heavy (non-hydrogen) atoms. The quantitative estimate of drug-likeness (QED) is 0.377. The number of rotatable bonds is 6. The van der Waals surface area contributed by atoms with Gasteiger partial charge in [-0.25, -0.2) is 0 Å². The van der Waals surface area contributed by atoms with Gasteiger partial charge in [-0.05, 0) is 37.5 Å². The molecule has 1 atom stereocenters. The van der Waals surface area contributed by atoms with Crippen molar-refractivity contribution in [1.29, 1.82) is 0 Å². The van der Waals surface area contributed by atoms with Crippen molar-refractivity contribution in [3.05, 3.63) is 12.2 Å². The number of allylic oxidation sites excluding steroid dienone is 1. The van der Waals surface area contributed by atoms with Crippen LogP contribution in [0.3, 0.4) is 0 Å². The molecular formula is C16H27BrO3P+. The van der Waals surface area contributed by atoms with Crippen molar-refractivity contribution >= 4 is 24.2 Å². The van der Waals surface area contributed by atoms with Crippen LogP contribution in [0.1, 0.15) is 64.2 Å². The van der Waals surface area contributed by atoms with Gasteiger partial charge in [0.2, 0.25) is 0 Å². The minimum Gasteiger partial charge on any atom is -0.133 e. The SMILES string of the molecule is O=[P+](O)OCC=CC(Br)(C1CCCCC1)C1CCCCC1. The molecule has 3 nitrogen and oxygen atoms in total. The Morgan fingerprint density at radius 1 is 1.05 bits per heavy atom. The molecule has 0 aromatic heterocycles. The first-order valence-electron chi connectivity index (χ1n) is 8.28. The molecule has 0 amide bonds. The second-order valence-electron chi connectivity index (χ2n) is 6.43. The number of hydrogen-bond donors (Lipinski definition) is 1. The predicted molar refractivity (Wildman–Crippen MR) is 89.7 cm³/mol. The van der Waals surface area contributed by atoms with Crippen LogP contribution in [0.15, 0.2) is 12.2 Å². The molecule has 1 unspecified atom stereocenters. The molecular weight excluding hydrogens is 351 g/mol. The lowest BCUT2D eigenvalue weighted by Crippen LogP contribution is -2.40. The average Bonchev–Trinajstić information content (AvgIpc) is 2.53. The van der Waals surface area contributed by atoms with Gasteiger partial charge in [-0.3, -0.25) is 0 Å². The molecule has 2 aliphatic rings. The molecule has 0 spiro atoms. The first kappa shape index (κ1) is 17.6. The van der Waals surface area contributed by atoms with E-state index < -0.39 is 8.25 Å². The fourth-order valence-corrected chi connectivity index (χ4v) is 5.35. The van der Waals surface area contributed by atoms with E-state index in [0.717, 1.165) is 0 Å². The fourth-order valence-electron chi connectivity index (χ4n) is 4.03. The van der Waals surface area contributed by atoms with Gasteiger partial charge >= 0.3 is 8.25 Å². The van der Waals surface area contributed by atoms with E-state index in [4.69, 9.17) is 9.42 Å². The second kappa shape index (κ2) is 8.76. The first-order chi connectivity index (χ1) is 10.1. The highest BCUT2D eigenvalue weighted by Gasteiger charge is 2.41. The Bertz CT molecular complexity index is 343. The lowest BCUT2D eigenvalue weighted by molar-refractivity contribution is 0.213. The van der Waals surface area contributed by atoms with Gasteiger partial charge in [-0.2, -0.15) is 0 Å². The Morgan fingerprint density at radius 2 is 1.52 bits per heavy atom. The molecule has 0 aromatic carbocycles. The summed E-state index contributed by atoms with van der Waals surface area (Å²) in [5.74, 6) is 1.38. The fraction of sp³-hybridized carbons (Fsp3) is 0.875. The van der Waals surface area contributed by atoms with E-state index >= 15 is 0 Å². The number of alkyl halides is 1. The molecule has 0 aromatic rings. The van der Waals surface area contributed by atoms with Crippen LogP contribution in [0, 0.1) is 11.8 Å². The zero-order valence-corrected chi connectivity index (χ0v) is 15.2. The smallest absolute Gasteiger partial charge is 0.133 e. The van der Waals surface area contributed by atoms with Gasteiger partial charge in [0, 0.05) is 8.89 Å². The average molecular weight is 378 g/mol. The Kier molecular flexibility index (Phi) is 7.34.